The maximum Gasteiger partial charge on any atom is 0.166 e. The molecule has 1 aliphatic rings. The van der Waals surface area contributed by atoms with Gasteiger partial charge in [-0.25, -0.2) is 0 Å². The van der Waals surface area contributed by atoms with Crippen molar-refractivity contribution in [2.45, 2.75) is 18.3 Å². The van der Waals surface area contributed by atoms with Gasteiger partial charge in [-0.2, -0.15) is 0 Å². The number of hydrogen-bond donors (Lipinski definition) is 0. The standard InChI is InChI=1S/C22H18N2O/c25-21-6-5-19-3-1-2-4-20(19)22(21,15-17-7-11-23-12-8-17)16-18-9-13-24-14-10-18/h1-14H,15-16H2. The van der Waals surface area contributed by atoms with Crippen LogP contribution in [-0.2, 0) is 23.1 Å². The molecule has 2 aromatic heterocycles. The highest BCUT2D eigenvalue weighted by Gasteiger charge is 2.41. The number of nitrogens with zero attached hydrogens (tertiary/aromatic N) is 2. The Morgan fingerprint density at radius 2 is 1.28 bits per heavy atom. The summed E-state index contributed by atoms with van der Waals surface area (Å²) >= 11 is 0. The summed E-state index contributed by atoms with van der Waals surface area (Å²) in [7, 11) is 0. The second-order valence-electron chi connectivity index (χ2n) is 6.43. The fourth-order valence-electron chi connectivity index (χ4n) is 3.66. The molecule has 1 aliphatic carbocycles. The molecule has 3 heteroatoms. The summed E-state index contributed by atoms with van der Waals surface area (Å²) < 4.78 is 0. The van der Waals surface area contributed by atoms with Gasteiger partial charge in [-0.15, -0.1) is 0 Å². The number of aromatic nitrogens is 2. The summed E-state index contributed by atoms with van der Waals surface area (Å²) in [5.74, 6) is 0.153. The van der Waals surface area contributed by atoms with Gasteiger partial charge in [-0.05, 0) is 65.4 Å². The minimum atomic E-state index is -0.603. The Morgan fingerprint density at radius 1 is 0.720 bits per heavy atom. The predicted molar refractivity (Wildman–Crippen MR) is 98.0 cm³/mol. The third-order valence-corrected chi connectivity index (χ3v) is 4.87. The van der Waals surface area contributed by atoms with Crippen molar-refractivity contribution in [2.75, 3.05) is 0 Å². The zero-order valence-corrected chi connectivity index (χ0v) is 13.8. The molecule has 25 heavy (non-hydrogen) atoms. The lowest BCUT2D eigenvalue weighted by atomic mass is 9.65. The number of benzene rings is 1. The van der Waals surface area contributed by atoms with E-state index in [1.165, 1.54) is 0 Å². The van der Waals surface area contributed by atoms with Crippen molar-refractivity contribution >= 4 is 11.9 Å². The molecule has 0 spiro atoms. The molecular weight excluding hydrogens is 308 g/mol. The quantitative estimate of drug-likeness (QED) is 0.732. The summed E-state index contributed by atoms with van der Waals surface area (Å²) in [6.45, 7) is 0. The van der Waals surface area contributed by atoms with Crippen LogP contribution in [0, 0.1) is 0 Å². The molecule has 122 valence electrons. The molecular formula is C22H18N2O. The second kappa shape index (κ2) is 6.44. The molecule has 0 atom stereocenters. The number of allylic oxidation sites excluding steroid dienone is 1. The first-order valence-electron chi connectivity index (χ1n) is 8.38. The molecule has 0 fully saturated rings. The van der Waals surface area contributed by atoms with E-state index in [-0.39, 0.29) is 5.78 Å². The maximum atomic E-state index is 13.2. The molecule has 0 bridgehead atoms. The van der Waals surface area contributed by atoms with Gasteiger partial charge in [-0.1, -0.05) is 30.3 Å². The van der Waals surface area contributed by atoms with E-state index in [1.807, 2.05) is 42.5 Å². The average molecular weight is 326 g/mol. The van der Waals surface area contributed by atoms with Crippen LogP contribution in [0.3, 0.4) is 0 Å². The van der Waals surface area contributed by atoms with Crippen molar-refractivity contribution in [3.05, 3.63) is 102 Å². The number of carbonyl (C=O) groups is 1. The zero-order valence-electron chi connectivity index (χ0n) is 13.8. The first kappa shape index (κ1) is 15.5. The molecule has 0 unspecified atom stereocenters. The number of fused-ring (bicyclic) bond motifs is 1. The van der Waals surface area contributed by atoms with Gasteiger partial charge in [0.15, 0.2) is 5.78 Å². The summed E-state index contributed by atoms with van der Waals surface area (Å²) in [6.07, 6.45) is 12.1. The van der Waals surface area contributed by atoms with Gasteiger partial charge in [0.05, 0.1) is 5.41 Å². The average Bonchev–Trinajstić information content (AvgIpc) is 2.67. The van der Waals surface area contributed by atoms with Gasteiger partial charge in [-0.3, -0.25) is 14.8 Å². The molecule has 0 radical (unpaired) electrons. The molecule has 0 amide bonds. The van der Waals surface area contributed by atoms with Crippen LogP contribution in [0.2, 0.25) is 0 Å². The highest BCUT2D eigenvalue weighted by atomic mass is 16.1. The number of rotatable bonds is 4. The molecule has 3 nitrogen and oxygen atoms in total. The zero-order chi connectivity index (χ0) is 17.1. The number of ketones is 1. The van der Waals surface area contributed by atoms with Gasteiger partial charge in [0.25, 0.3) is 0 Å². The highest BCUT2D eigenvalue weighted by Crippen LogP contribution is 2.39. The van der Waals surface area contributed by atoms with Crippen LogP contribution in [0.4, 0.5) is 0 Å². The summed E-state index contributed by atoms with van der Waals surface area (Å²) in [6, 6.07) is 16.1. The van der Waals surface area contributed by atoms with Gasteiger partial charge < -0.3 is 0 Å². The predicted octanol–water partition coefficient (Wildman–Crippen LogP) is 3.80. The third kappa shape index (κ3) is 2.89. The van der Waals surface area contributed by atoms with Crippen LogP contribution < -0.4 is 0 Å². The lowest BCUT2D eigenvalue weighted by Gasteiger charge is -2.36. The Kier molecular flexibility index (Phi) is 3.98. The normalized spacial score (nSPS) is 15.0. The van der Waals surface area contributed by atoms with Crippen molar-refractivity contribution in [2.24, 2.45) is 0 Å². The Balaban J connectivity index is 1.86. The van der Waals surface area contributed by atoms with Crippen molar-refractivity contribution < 1.29 is 4.79 Å². The number of carbonyl (C=O) groups excluding carboxylic acids is 1. The van der Waals surface area contributed by atoms with Gasteiger partial charge in [0.1, 0.15) is 0 Å². The lowest BCUT2D eigenvalue weighted by molar-refractivity contribution is -0.120. The lowest BCUT2D eigenvalue weighted by Crippen LogP contribution is -2.41. The molecule has 0 saturated heterocycles. The smallest absolute Gasteiger partial charge is 0.166 e. The van der Waals surface area contributed by atoms with E-state index in [2.05, 4.69) is 22.1 Å². The summed E-state index contributed by atoms with van der Waals surface area (Å²) in [4.78, 5) is 21.4. The molecule has 0 saturated carbocycles. The molecule has 4 rings (SSSR count). The van der Waals surface area contributed by atoms with Gasteiger partial charge in [0, 0.05) is 24.8 Å². The Labute approximate surface area is 147 Å². The van der Waals surface area contributed by atoms with Crippen molar-refractivity contribution in [1.82, 2.24) is 9.97 Å². The van der Waals surface area contributed by atoms with Crippen LogP contribution in [-0.4, -0.2) is 15.8 Å². The van der Waals surface area contributed by atoms with Gasteiger partial charge in [0.2, 0.25) is 0 Å². The number of hydrogen-bond acceptors (Lipinski definition) is 3. The SMILES string of the molecule is O=C1C=Cc2ccccc2C1(Cc1ccncc1)Cc1ccncc1. The topological polar surface area (TPSA) is 42.9 Å². The van der Waals surface area contributed by atoms with Crippen molar-refractivity contribution in [3.63, 3.8) is 0 Å². The fraction of sp³-hybridized carbons (Fsp3) is 0.136. The summed E-state index contributed by atoms with van der Waals surface area (Å²) in [5, 5.41) is 0. The first-order valence-corrected chi connectivity index (χ1v) is 8.38. The monoisotopic (exact) mass is 326 g/mol. The van der Waals surface area contributed by atoms with Crippen LogP contribution in [0.5, 0.6) is 0 Å². The van der Waals surface area contributed by atoms with Gasteiger partial charge >= 0.3 is 0 Å². The Hall–Kier alpha value is -3.07. The minimum Gasteiger partial charge on any atom is -0.294 e. The van der Waals surface area contributed by atoms with E-state index < -0.39 is 5.41 Å². The van der Waals surface area contributed by atoms with E-state index >= 15 is 0 Å². The molecule has 0 N–H and O–H groups in total. The van der Waals surface area contributed by atoms with E-state index in [4.69, 9.17) is 0 Å². The Bertz CT molecular complexity index is 876. The highest BCUT2D eigenvalue weighted by molar-refractivity contribution is 6.05. The summed E-state index contributed by atoms with van der Waals surface area (Å²) in [5.41, 5.74) is 3.83. The molecule has 0 aliphatic heterocycles. The fourth-order valence-corrected chi connectivity index (χ4v) is 3.66. The van der Waals surface area contributed by atoms with E-state index in [9.17, 15) is 4.79 Å². The largest absolute Gasteiger partial charge is 0.294 e. The minimum absolute atomic E-state index is 0.153. The van der Waals surface area contributed by atoms with Crippen LogP contribution in [0.15, 0.2) is 79.4 Å². The third-order valence-electron chi connectivity index (χ3n) is 4.87. The first-order chi connectivity index (χ1) is 12.3. The maximum absolute atomic E-state index is 13.2. The van der Waals surface area contributed by atoms with Crippen LogP contribution in [0.25, 0.3) is 6.08 Å². The Morgan fingerprint density at radius 3 is 1.88 bits per heavy atom. The van der Waals surface area contributed by atoms with E-state index in [0.29, 0.717) is 12.8 Å². The molecule has 1 aromatic carbocycles. The van der Waals surface area contributed by atoms with Crippen LogP contribution in [0.1, 0.15) is 22.3 Å². The molecule has 3 aromatic rings. The second-order valence-corrected chi connectivity index (χ2v) is 6.43. The molecule has 2 heterocycles. The van der Waals surface area contributed by atoms with E-state index in [0.717, 1.165) is 22.3 Å². The van der Waals surface area contributed by atoms with Crippen molar-refractivity contribution in [1.29, 1.82) is 0 Å². The number of pyridine rings is 2. The van der Waals surface area contributed by atoms with Crippen LogP contribution >= 0.6 is 0 Å². The van der Waals surface area contributed by atoms with Crippen molar-refractivity contribution in [3.8, 4) is 0 Å². The van der Waals surface area contributed by atoms with E-state index in [1.54, 1.807) is 30.9 Å².